The van der Waals surface area contributed by atoms with Crippen LogP contribution in [0.25, 0.3) is 0 Å². The number of methoxy groups -OCH3 is 1. The van der Waals surface area contributed by atoms with Gasteiger partial charge in [-0.1, -0.05) is 0 Å². The number of amides is 1. The van der Waals surface area contributed by atoms with E-state index >= 15 is 0 Å². The Labute approximate surface area is 180 Å². The van der Waals surface area contributed by atoms with Crippen molar-refractivity contribution in [2.75, 3.05) is 17.1 Å². The number of nitrogens with zero attached hydrogens (tertiary/aromatic N) is 1. The molecule has 0 heterocycles. The Hall–Kier alpha value is -4.06. The SMILES string of the molecule is COc1ccc([N+](=O)[O-])cc1NS(=O)(=O)c1ccc(C(=O)Nc2ccc(F)cc2F)cc1. The van der Waals surface area contributed by atoms with E-state index in [4.69, 9.17) is 4.74 Å². The van der Waals surface area contributed by atoms with E-state index in [0.717, 1.165) is 36.4 Å². The van der Waals surface area contributed by atoms with Crippen molar-refractivity contribution in [2.24, 2.45) is 0 Å². The highest BCUT2D eigenvalue weighted by Crippen LogP contribution is 2.31. The maximum absolute atomic E-state index is 13.7. The molecule has 0 aliphatic rings. The topological polar surface area (TPSA) is 128 Å². The number of halogens is 2. The lowest BCUT2D eigenvalue weighted by atomic mass is 10.2. The third kappa shape index (κ3) is 4.98. The average Bonchev–Trinajstić information content (AvgIpc) is 2.75. The van der Waals surface area contributed by atoms with Crippen molar-refractivity contribution in [3.05, 3.63) is 88.0 Å². The first-order valence-corrected chi connectivity index (χ1v) is 10.3. The van der Waals surface area contributed by atoms with Gasteiger partial charge < -0.3 is 10.1 Å². The van der Waals surface area contributed by atoms with Gasteiger partial charge in [-0.15, -0.1) is 0 Å². The summed E-state index contributed by atoms with van der Waals surface area (Å²) < 4.78 is 59.3. The lowest BCUT2D eigenvalue weighted by Crippen LogP contribution is -2.15. The van der Waals surface area contributed by atoms with E-state index in [1.54, 1.807) is 0 Å². The van der Waals surface area contributed by atoms with E-state index in [0.29, 0.717) is 6.07 Å². The Morgan fingerprint density at radius 3 is 2.28 bits per heavy atom. The van der Waals surface area contributed by atoms with Gasteiger partial charge in [-0.3, -0.25) is 19.6 Å². The van der Waals surface area contributed by atoms with Gasteiger partial charge in [0.1, 0.15) is 17.4 Å². The van der Waals surface area contributed by atoms with Crippen molar-refractivity contribution < 1.29 is 31.7 Å². The monoisotopic (exact) mass is 463 g/mol. The standard InChI is InChI=1S/C20H15F2N3O6S/c1-31-19-9-5-14(25(27)28)11-18(19)24-32(29,30)15-6-2-12(3-7-15)20(26)23-17-8-4-13(21)10-16(17)22/h2-11,24H,1H3,(H,23,26). The van der Waals surface area contributed by atoms with Crippen LogP contribution in [0.2, 0.25) is 0 Å². The third-order valence-electron chi connectivity index (χ3n) is 4.24. The van der Waals surface area contributed by atoms with Crippen LogP contribution in [-0.4, -0.2) is 26.4 Å². The molecule has 2 N–H and O–H groups in total. The highest BCUT2D eigenvalue weighted by molar-refractivity contribution is 7.92. The summed E-state index contributed by atoms with van der Waals surface area (Å²) in [5.74, 6) is -2.44. The lowest BCUT2D eigenvalue weighted by molar-refractivity contribution is -0.384. The summed E-state index contributed by atoms with van der Waals surface area (Å²) in [5, 5.41) is 13.2. The number of ether oxygens (including phenoxy) is 1. The Kier molecular flexibility index (Phi) is 6.35. The molecule has 3 aromatic carbocycles. The van der Waals surface area contributed by atoms with E-state index in [-0.39, 0.29) is 33.3 Å². The van der Waals surface area contributed by atoms with Crippen LogP contribution in [-0.2, 0) is 10.0 Å². The first-order valence-electron chi connectivity index (χ1n) is 8.82. The van der Waals surface area contributed by atoms with Crippen LogP contribution in [0.15, 0.2) is 65.6 Å². The molecule has 3 rings (SSSR count). The molecule has 32 heavy (non-hydrogen) atoms. The van der Waals surface area contributed by atoms with Crippen LogP contribution in [0.3, 0.4) is 0 Å². The normalized spacial score (nSPS) is 11.0. The molecule has 0 atom stereocenters. The van der Waals surface area contributed by atoms with Gasteiger partial charge in [0.2, 0.25) is 0 Å². The Morgan fingerprint density at radius 2 is 1.69 bits per heavy atom. The van der Waals surface area contributed by atoms with Crippen molar-refractivity contribution in [3.63, 3.8) is 0 Å². The maximum Gasteiger partial charge on any atom is 0.271 e. The fourth-order valence-electron chi connectivity index (χ4n) is 2.66. The van der Waals surface area contributed by atoms with Gasteiger partial charge in [-0.25, -0.2) is 17.2 Å². The van der Waals surface area contributed by atoms with E-state index in [2.05, 4.69) is 10.0 Å². The minimum Gasteiger partial charge on any atom is -0.495 e. The van der Waals surface area contributed by atoms with Crippen LogP contribution in [0.1, 0.15) is 10.4 Å². The summed E-state index contributed by atoms with van der Waals surface area (Å²) in [6.45, 7) is 0. The molecule has 0 unspecified atom stereocenters. The molecular weight excluding hydrogens is 448 g/mol. The molecule has 12 heteroatoms. The number of nitro groups is 1. The van der Waals surface area contributed by atoms with Crippen molar-refractivity contribution in [2.45, 2.75) is 4.90 Å². The molecular formula is C20H15F2N3O6S. The molecule has 166 valence electrons. The average molecular weight is 463 g/mol. The number of carbonyl (C=O) groups is 1. The van der Waals surface area contributed by atoms with E-state index < -0.39 is 32.5 Å². The first-order chi connectivity index (χ1) is 15.1. The second-order valence-electron chi connectivity index (χ2n) is 6.35. The Bertz CT molecular complexity index is 1300. The van der Waals surface area contributed by atoms with Gasteiger partial charge in [0.25, 0.3) is 21.6 Å². The van der Waals surface area contributed by atoms with Crippen LogP contribution < -0.4 is 14.8 Å². The van der Waals surface area contributed by atoms with Gasteiger partial charge in [0.05, 0.1) is 28.3 Å². The zero-order valence-electron chi connectivity index (χ0n) is 16.3. The number of hydrogen-bond acceptors (Lipinski definition) is 6. The van der Waals surface area contributed by atoms with Crippen LogP contribution in [0, 0.1) is 21.7 Å². The van der Waals surface area contributed by atoms with Crippen molar-refractivity contribution in [3.8, 4) is 5.75 Å². The van der Waals surface area contributed by atoms with Crippen molar-refractivity contribution in [1.82, 2.24) is 0 Å². The number of non-ortho nitro benzene ring substituents is 1. The number of nitro benzene ring substituents is 1. The molecule has 0 aromatic heterocycles. The van der Waals surface area contributed by atoms with Gasteiger partial charge in [0, 0.05) is 23.8 Å². The summed E-state index contributed by atoms with van der Waals surface area (Å²) >= 11 is 0. The van der Waals surface area contributed by atoms with Crippen LogP contribution in [0.5, 0.6) is 5.75 Å². The third-order valence-corrected chi connectivity index (χ3v) is 5.63. The molecule has 0 aliphatic carbocycles. The van der Waals surface area contributed by atoms with Gasteiger partial charge in [-0.05, 0) is 42.5 Å². The van der Waals surface area contributed by atoms with E-state index in [1.807, 2.05) is 0 Å². The quantitative estimate of drug-likeness (QED) is 0.404. The minimum atomic E-state index is -4.19. The number of hydrogen-bond donors (Lipinski definition) is 2. The van der Waals surface area contributed by atoms with E-state index in [9.17, 15) is 32.1 Å². The summed E-state index contributed by atoms with van der Waals surface area (Å²) in [7, 11) is -2.91. The molecule has 3 aromatic rings. The predicted molar refractivity (Wildman–Crippen MR) is 111 cm³/mol. The molecule has 9 nitrogen and oxygen atoms in total. The number of benzene rings is 3. The van der Waals surface area contributed by atoms with Gasteiger partial charge in [0.15, 0.2) is 0 Å². The number of anilines is 2. The zero-order valence-corrected chi connectivity index (χ0v) is 17.2. The summed E-state index contributed by atoms with van der Waals surface area (Å²) in [6, 6.07) is 10.7. The maximum atomic E-state index is 13.7. The highest BCUT2D eigenvalue weighted by Gasteiger charge is 2.20. The molecule has 1 amide bonds. The highest BCUT2D eigenvalue weighted by atomic mass is 32.2. The summed E-state index contributed by atoms with van der Waals surface area (Å²) in [6.07, 6.45) is 0. The second-order valence-corrected chi connectivity index (χ2v) is 8.03. The lowest BCUT2D eigenvalue weighted by Gasteiger charge is -2.12. The van der Waals surface area contributed by atoms with Gasteiger partial charge in [-0.2, -0.15) is 0 Å². The molecule has 0 bridgehead atoms. The smallest absolute Gasteiger partial charge is 0.271 e. The molecule has 0 spiro atoms. The summed E-state index contributed by atoms with van der Waals surface area (Å²) in [5.41, 5.74) is -0.716. The molecule has 0 aliphatic heterocycles. The molecule has 0 fully saturated rings. The number of sulfonamides is 1. The molecule has 0 saturated heterocycles. The molecule has 0 radical (unpaired) electrons. The summed E-state index contributed by atoms with van der Waals surface area (Å²) in [4.78, 5) is 22.3. The second kappa shape index (κ2) is 8.98. The van der Waals surface area contributed by atoms with Crippen molar-refractivity contribution >= 4 is 33.0 Å². The first kappa shape index (κ1) is 22.6. The van der Waals surface area contributed by atoms with Crippen LogP contribution >= 0.6 is 0 Å². The molecule has 0 saturated carbocycles. The minimum absolute atomic E-state index is 0.0144. The largest absolute Gasteiger partial charge is 0.495 e. The van der Waals surface area contributed by atoms with E-state index in [1.165, 1.54) is 25.3 Å². The zero-order chi connectivity index (χ0) is 23.5. The predicted octanol–water partition coefficient (Wildman–Crippen LogP) is 3.93. The fourth-order valence-corrected chi connectivity index (χ4v) is 3.73. The Balaban J connectivity index is 1.81. The number of carbonyl (C=O) groups excluding carboxylic acids is 1. The Morgan fingerprint density at radius 1 is 1.00 bits per heavy atom. The van der Waals surface area contributed by atoms with Crippen LogP contribution in [0.4, 0.5) is 25.8 Å². The van der Waals surface area contributed by atoms with Crippen molar-refractivity contribution in [1.29, 1.82) is 0 Å². The number of nitrogens with one attached hydrogen (secondary N) is 2. The van der Waals surface area contributed by atoms with Gasteiger partial charge >= 0.3 is 0 Å². The fraction of sp³-hybridized carbons (Fsp3) is 0.0500. The number of rotatable bonds is 7.